The molecule has 1 N–H and O–H groups in total. The van der Waals surface area contributed by atoms with E-state index in [4.69, 9.17) is 14.6 Å². The Kier molecular flexibility index (Phi) is 7.43. The topological polar surface area (TPSA) is 55.8 Å². The number of aliphatic carboxylic acids is 1. The molecule has 0 spiro atoms. The first-order chi connectivity index (χ1) is 5.68. The SMILES string of the molecule is CC(OCCOCCBr)C(=O)O. The minimum Gasteiger partial charge on any atom is -0.479 e. The van der Waals surface area contributed by atoms with Gasteiger partial charge in [0.15, 0.2) is 6.10 Å². The first-order valence-corrected chi connectivity index (χ1v) is 4.78. The van der Waals surface area contributed by atoms with Crippen LogP contribution in [0.3, 0.4) is 0 Å². The van der Waals surface area contributed by atoms with Gasteiger partial charge in [-0.05, 0) is 6.92 Å². The van der Waals surface area contributed by atoms with Crippen LogP contribution in [0.4, 0.5) is 0 Å². The zero-order valence-corrected chi connectivity index (χ0v) is 8.54. The summed E-state index contributed by atoms with van der Waals surface area (Å²) < 4.78 is 9.96. The van der Waals surface area contributed by atoms with E-state index in [0.29, 0.717) is 19.8 Å². The lowest BCUT2D eigenvalue weighted by Gasteiger charge is -2.07. The number of ether oxygens (including phenoxy) is 2. The highest BCUT2D eigenvalue weighted by Crippen LogP contribution is 1.90. The van der Waals surface area contributed by atoms with Gasteiger partial charge in [0.25, 0.3) is 0 Å². The summed E-state index contributed by atoms with van der Waals surface area (Å²) in [5, 5.41) is 9.19. The molecule has 0 heterocycles. The third-order valence-electron chi connectivity index (χ3n) is 1.16. The van der Waals surface area contributed by atoms with Gasteiger partial charge in [-0.3, -0.25) is 0 Å². The molecule has 0 aliphatic carbocycles. The molecule has 72 valence electrons. The van der Waals surface area contributed by atoms with Gasteiger partial charge in [-0.1, -0.05) is 15.9 Å². The second kappa shape index (κ2) is 7.52. The second-order valence-electron chi connectivity index (χ2n) is 2.15. The van der Waals surface area contributed by atoms with E-state index < -0.39 is 12.1 Å². The minimum absolute atomic E-state index is 0.320. The Morgan fingerprint density at radius 2 is 2.17 bits per heavy atom. The Bertz CT molecular complexity index is 129. The molecule has 0 aliphatic heterocycles. The molecule has 0 bridgehead atoms. The van der Waals surface area contributed by atoms with E-state index in [1.165, 1.54) is 6.92 Å². The average molecular weight is 241 g/mol. The number of carboxylic acids is 1. The monoisotopic (exact) mass is 240 g/mol. The summed E-state index contributed by atoms with van der Waals surface area (Å²) in [6.45, 7) is 2.86. The van der Waals surface area contributed by atoms with Crippen molar-refractivity contribution < 1.29 is 19.4 Å². The van der Waals surface area contributed by atoms with Gasteiger partial charge in [0, 0.05) is 5.33 Å². The van der Waals surface area contributed by atoms with Gasteiger partial charge in [0.1, 0.15) is 0 Å². The zero-order valence-electron chi connectivity index (χ0n) is 6.96. The molecule has 0 rings (SSSR count). The van der Waals surface area contributed by atoms with Gasteiger partial charge in [-0.15, -0.1) is 0 Å². The lowest BCUT2D eigenvalue weighted by molar-refractivity contribution is -0.149. The molecule has 0 amide bonds. The van der Waals surface area contributed by atoms with Crippen molar-refractivity contribution in [2.24, 2.45) is 0 Å². The highest BCUT2D eigenvalue weighted by Gasteiger charge is 2.09. The van der Waals surface area contributed by atoms with E-state index in [1.807, 2.05) is 0 Å². The Balaban J connectivity index is 3.14. The van der Waals surface area contributed by atoms with Crippen LogP contribution in [0.25, 0.3) is 0 Å². The zero-order chi connectivity index (χ0) is 9.40. The molecule has 1 atom stereocenters. The van der Waals surface area contributed by atoms with Crippen LogP contribution >= 0.6 is 15.9 Å². The van der Waals surface area contributed by atoms with Crippen LogP contribution in [0.15, 0.2) is 0 Å². The number of carbonyl (C=O) groups is 1. The molecular formula is C7H13BrO4. The molecule has 0 fully saturated rings. The molecule has 0 aromatic carbocycles. The van der Waals surface area contributed by atoms with Gasteiger partial charge in [-0.2, -0.15) is 0 Å². The molecule has 1 unspecified atom stereocenters. The van der Waals surface area contributed by atoms with Crippen molar-refractivity contribution in [3.05, 3.63) is 0 Å². The molecule has 0 aromatic heterocycles. The first kappa shape index (κ1) is 11.9. The van der Waals surface area contributed by atoms with Crippen molar-refractivity contribution in [2.75, 3.05) is 25.2 Å². The van der Waals surface area contributed by atoms with Gasteiger partial charge in [-0.25, -0.2) is 4.79 Å². The van der Waals surface area contributed by atoms with E-state index in [9.17, 15) is 4.79 Å². The van der Waals surface area contributed by atoms with E-state index in [-0.39, 0.29) is 0 Å². The minimum atomic E-state index is -0.949. The fourth-order valence-electron chi connectivity index (χ4n) is 0.512. The molecule has 12 heavy (non-hydrogen) atoms. The smallest absolute Gasteiger partial charge is 0.332 e. The first-order valence-electron chi connectivity index (χ1n) is 3.66. The largest absolute Gasteiger partial charge is 0.479 e. The van der Waals surface area contributed by atoms with E-state index in [0.717, 1.165) is 5.33 Å². The summed E-state index contributed by atoms with van der Waals surface area (Å²) in [5.41, 5.74) is 0. The molecule has 0 aromatic rings. The molecule has 0 radical (unpaired) electrons. The van der Waals surface area contributed by atoms with Crippen LogP contribution in [0.2, 0.25) is 0 Å². The van der Waals surface area contributed by atoms with Crippen molar-refractivity contribution in [3.63, 3.8) is 0 Å². The predicted octanol–water partition coefficient (Wildman–Crippen LogP) is 0.888. The molecular weight excluding hydrogens is 228 g/mol. The highest BCUT2D eigenvalue weighted by molar-refractivity contribution is 9.09. The number of carboxylic acid groups (broad SMARTS) is 1. The number of halogens is 1. The van der Waals surface area contributed by atoms with E-state index >= 15 is 0 Å². The van der Waals surface area contributed by atoms with Crippen LogP contribution in [-0.2, 0) is 14.3 Å². The second-order valence-corrected chi connectivity index (χ2v) is 2.95. The normalized spacial score (nSPS) is 12.8. The molecule has 5 heteroatoms. The van der Waals surface area contributed by atoms with Crippen LogP contribution in [-0.4, -0.2) is 42.3 Å². The van der Waals surface area contributed by atoms with Crippen molar-refractivity contribution in [3.8, 4) is 0 Å². The summed E-state index contributed by atoms with van der Waals surface area (Å²) in [6.07, 6.45) is -0.752. The maximum Gasteiger partial charge on any atom is 0.332 e. The Hall–Kier alpha value is -0.130. The van der Waals surface area contributed by atoms with Crippen molar-refractivity contribution in [1.29, 1.82) is 0 Å². The van der Waals surface area contributed by atoms with Crippen LogP contribution in [0.5, 0.6) is 0 Å². The summed E-state index contributed by atoms with van der Waals surface area (Å²) in [4.78, 5) is 10.2. The Morgan fingerprint density at radius 1 is 1.50 bits per heavy atom. The molecule has 0 saturated heterocycles. The fourth-order valence-corrected chi connectivity index (χ4v) is 0.741. The van der Waals surface area contributed by atoms with Crippen LogP contribution in [0.1, 0.15) is 6.92 Å². The van der Waals surface area contributed by atoms with Crippen LogP contribution in [0, 0.1) is 0 Å². The summed E-state index contributed by atoms with van der Waals surface area (Å²) in [6, 6.07) is 0. The molecule has 0 saturated carbocycles. The van der Waals surface area contributed by atoms with Crippen molar-refractivity contribution >= 4 is 21.9 Å². The molecule has 4 nitrogen and oxygen atoms in total. The molecule has 0 aliphatic rings. The maximum absolute atomic E-state index is 10.2. The maximum atomic E-state index is 10.2. The number of hydrogen-bond acceptors (Lipinski definition) is 3. The standard InChI is InChI=1S/C7H13BrO4/c1-6(7(9)10)12-5-4-11-3-2-8/h6H,2-5H2,1H3,(H,9,10). The van der Waals surface area contributed by atoms with Crippen molar-refractivity contribution in [1.82, 2.24) is 0 Å². The van der Waals surface area contributed by atoms with E-state index in [1.54, 1.807) is 0 Å². The summed E-state index contributed by atoms with van der Waals surface area (Å²) in [7, 11) is 0. The van der Waals surface area contributed by atoms with Crippen molar-refractivity contribution in [2.45, 2.75) is 13.0 Å². The van der Waals surface area contributed by atoms with Gasteiger partial charge < -0.3 is 14.6 Å². The summed E-state index contributed by atoms with van der Waals surface area (Å²) in [5.74, 6) is -0.949. The van der Waals surface area contributed by atoms with Crippen LogP contribution < -0.4 is 0 Å². The third-order valence-corrected chi connectivity index (χ3v) is 1.49. The number of rotatable bonds is 7. The quantitative estimate of drug-likeness (QED) is 0.531. The van der Waals surface area contributed by atoms with E-state index in [2.05, 4.69) is 15.9 Å². The fraction of sp³-hybridized carbons (Fsp3) is 0.857. The number of alkyl halides is 1. The average Bonchev–Trinajstić information content (AvgIpc) is 2.03. The Labute approximate surface area is 80.0 Å². The predicted molar refractivity (Wildman–Crippen MR) is 47.7 cm³/mol. The lowest BCUT2D eigenvalue weighted by Crippen LogP contribution is -2.22. The Morgan fingerprint density at radius 3 is 2.67 bits per heavy atom. The van der Waals surface area contributed by atoms with Gasteiger partial charge in [0.2, 0.25) is 0 Å². The number of hydrogen-bond donors (Lipinski definition) is 1. The third kappa shape index (κ3) is 6.57. The summed E-state index contributed by atoms with van der Waals surface area (Å²) >= 11 is 3.19. The van der Waals surface area contributed by atoms with Gasteiger partial charge >= 0.3 is 5.97 Å². The van der Waals surface area contributed by atoms with Gasteiger partial charge in [0.05, 0.1) is 19.8 Å². The highest BCUT2D eigenvalue weighted by atomic mass is 79.9. The lowest BCUT2D eigenvalue weighted by atomic mass is 10.4.